The predicted molar refractivity (Wildman–Crippen MR) is 211 cm³/mol. The Hall–Kier alpha value is -5.04. The first kappa shape index (κ1) is 40.2. The van der Waals surface area contributed by atoms with Crippen molar-refractivity contribution >= 4 is 64.1 Å². The Morgan fingerprint density at radius 3 is 2.11 bits per heavy atom. The minimum Gasteiger partial charge on any atom is -0.481 e. The molecule has 6 rings (SSSR count). The van der Waals surface area contributed by atoms with Crippen molar-refractivity contribution in [2.75, 3.05) is 23.7 Å². The van der Waals surface area contributed by atoms with Crippen molar-refractivity contribution in [2.24, 2.45) is 0 Å². The van der Waals surface area contributed by atoms with Gasteiger partial charge in [-0.2, -0.15) is 0 Å². The Bertz CT molecular complexity index is 1980. The van der Waals surface area contributed by atoms with Gasteiger partial charge in [0.05, 0.1) is 17.5 Å². The van der Waals surface area contributed by atoms with Crippen LogP contribution < -0.4 is 16.0 Å². The average molecular weight is 773 g/mol. The molecule has 1 saturated carbocycles. The summed E-state index contributed by atoms with van der Waals surface area (Å²) in [5, 5.41) is 27.4. The van der Waals surface area contributed by atoms with E-state index < -0.39 is 11.9 Å². The first-order chi connectivity index (χ1) is 25.6. The van der Waals surface area contributed by atoms with Crippen LogP contribution in [0.5, 0.6) is 0 Å². The Balaban J connectivity index is 0.00000561. The van der Waals surface area contributed by atoms with Gasteiger partial charge in [0.25, 0.3) is 11.8 Å². The van der Waals surface area contributed by atoms with E-state index in [0.717, 1.165) is 78.5 Å². The van der Waals surface area contributed by atoms with Crippen molar-refractivity contribution in [2.45, 2.75) is 76.8 Å². The van der Waals surface area contributed by atoms with E-state index in [0.29, 0.717) is 47.5 Å². The zero-order valence-corrected chi connectivity index (χ0v) is 31.5. The Labute approximate surface area is 324 Å². The molecule has 0 aliphatic heterocycles. The molecule has 0 unspecified atom stereocenters. The van der Waals surface area contributed by atoms with Gasteiger partial charge in [-0.05, 0) is 110 Å². The Morgan fingerprint density at radius 1 is 0.759 bits per heavy atom. The average Bonchev–Trinajstić information content (AvgIpc) is 3.94. The molecule has 5 N–H and O–H groups in total. The molecule has 3 amide bonds. The number of carboxylic acid groups (broad SMARTS) is 2. The third-order valence-corrected chi connectivity index (χ3v) is 10.9. The van der Waals surface area contributed by atoms with Crippen molar-refractivity contribution < 1.29 is 34.2 Å². The van der Waals surface area contributed by atoms with Crippen LogP contribution in [-0.2, 0) is 41.8 Å². The fourth-order valence-corrected chi connectivity index (χ4v) is 7.93. The number of benzene rings is 3. The van der Waals surface area contributed by atoms with Gasteiger partial charge in [0.2, 0.25) is 5.91 Å². The van der Waals surface area contributed by atoms with Gasteiger partial charge in [-0.3, -0.25) is 24.1 Å². The zero-order chi connectivity index (χ0) is 37.3. The van der Waals surface area contributed by atoms with Gasteiger partial charge >= 0.3 is 11.9 Å². The first-order valence-electron chi connectivity index (χ1n) is 18.1. The second-order valence-corrected chi connectivity index (χ2v) is 14.8. The van der Waals surface area contributed by atoms with E-state index in [-0.39, 0.29) is 48.5 Å². The van der Waals surface area contributed by atoms with Crippen LogP contribution in [-0.4, -0.2) is 63.9 Å². The van der Waals surface area contributed by atoms with Crippen LogP contribution in [0.3, 0.4) is 0 Å². The van der Waals surface area contributed by atoms with Gasteiger partial charge in [0.1, 0.15) is 5.00 Å². The summed E-state index contributed by atoms with van der Waals surface area (Å²) >= 11 is 1.48. The summed E-state index contributed by atoms with van der Waals surface area (Å²) in [6.07, 6.45) is 7.10. The summed E-state index contributed by atoms with van der Waals surface area (Å²) in [7, 11) is 0. The maximum absolute atomic E-state index is 13.8. The standard InChI is InChI=1S/C41H44N4O7S.ClH/c46-35(20-21-36(47)48)42-22-23-45(32-18-19-32)25-28-4-3-5-30(24-28)38(49)44-40-37(33-6-1-2-7-34(33)53-40)39(50)43-31-16-12-27(13-17-31)9-8-26-10-14-29(15-11-26)41(51)52;/h3-5,10-17,24,32H,1-2,6-9,18-23,25H2,(H,42,46)(H,43,50)(H,44,49)(H,47,48)(H,51,52);1H. The molecule has 0 radical (unpaired) electrons. The molecule has 3 aromatic carbocycles. The van der Waals surface area contributed by atoms with Crippen molar-refractivity contribution in [3.8, 4) is 0 Å². The number of hydrogen-bond donors (Lipinski definition) is 5. The molecule has 13 heteroatoms. The maximum Gasteiger partial charge on any atom is 0.335 e. The van der Waals surface area contributed by atoms with E-state index in [9.17, 15) is 24.0 Å². The summed E-state index contributed by atoms with van der Waals surface area (Å²) < 4.78 is 0. The first-order valence-corrected chi connectivity index (χ1v) is 18.9. The summed E-state index contributed by atoms with van der Waals surface area (Å²) in [5.41, 5.74) is 6.04. The number of aromatic carboxylic acids is 1. The van der Waals surface area contributed by atoms with Crippen LogP contribution in [0.2, 0.25) is 0 Å². The van der Waals surface area contributed by atoms with Gasteiger partial charge in [-0.15, -0.1) is 23.7 Å². The smallest absolute Gasteiger partial charge is 0.335 e. The van der Waals surface area contributed by atoms with Gasteiger partial charge < -0.3 is 26.2 Å². The van der Waals surface area contributed by atoms with Crippen LogP contribution in [0.4, 0.5) is 10.7 Å². The molecule has 0 bridgehead atoms. The van der Waals surface area contributed by atoms with E-state index in [4.69, 9.17) is 10.2 Å². The number of thiophene rings is 1. The van der Waals surface area contributed by atoms with Gasteiger partial charge in [-0.1, -0.05) is 36.4 Å². The number of nitrogens with zero attached hydrogens (tertiary/aromatic N) is 1. The lowest BCUT2D eigenvalue weighted by molar-refractivity contribution is -0.138. The van der Waals surface area contributed by atoms with Crippen LogP contribution >= 0.6 is 23.7 Å². The molecule has 0 spiro atoms. The normalized spacial score (nSPS) is 13.4. The number of aliphatic carboxylic acids is 1. The second kappa shape index (κ2) is 18.8. The lowest BCUT2D eigenvalue weighted by Crippen LogP contribution is -2.36. The molecule has 284 valence electrons. The SMILES string of the molecule is Cl.O=C(O)CCC(=O)NCCN(Cc1cccc(C(=O)Nc2sc3c(c2C(=O)Nc2ccc(CCc4ccc(C(=O)O)cc4)cc2)CCCC3)c1)C1CC1. The number of aryl methyl sites for hydroxylation is 3. The van der Waals surface area contributed by atoms with Crippen LogP contribution in [0.25, 0.3) is 0 Å². The summed E-state index contributed by atoms with van der Waals surface area (Å²) in [6.45, 7) is 1.64. The number of fused-ring (bicyclic) bond motifs is 1. The molecule has 1 aromatic heterocycles. The number of hydrogen-bond acceptors (Lipinski definition) is 7. The van der Waals surface area contributed by atoms with E-state index in [1.165, 1.54) is 11.3 Å². The number of carboxylic acids is 2. The number of amides is 3. The quantitative estimate of drug-likeness (QED) is 0.0767. The van der Waals surface area contributed by atoms with E-state index in [1.54, 1.807) is 18.2 Å². The second-order valence-electron chi connectivity index (χ2n) is 13.7. The van der Waals surface area contributed by atoms with E-state index in [2.05, 4.69) is 20.9 Å². The van der Waals surface area contributed by atoms with Gasteiger partial charge in [-0.25, -0.2) is 4.79 Å². The molecular weight excluding hydrogens is 728 g/mol. The number of carbonyl (C=O) groups is 5. The molecule has 2 aliphatic carbocycles. The van der Waals surface area contributed by atoms with Gasteiger partial charge in [0, 0.05) is 48.2 Å². The molecular formula is C41H45ClN4O7S. The topological polar surface area (TPSA) is 165 Å². The van der Waals surface area contributed by atoms with Crippen molar-refractivity contribution in [1.82, 2.24) is 10.2 Å². The maximum atomic E-state index is 13.8. The van der Waals surface area contributed by atoms with Crippen molar-refractivity contribution in [1.29, 1.82) is 0 Å². The highest BCUT2D eigenvalue weighted by atomic mass is 35.5. The Kier molecular flexibility index (Phi) is 14.0. The molecule has 1 fully saturated rings. The highest BCUT2D eigenvalue weighted by Gasteiger charge is 2.29. The molecule has 4 aromatic rings. The lowest BCUT2D eigenvalue weighted by atomic mass is 9.95. The minimum atomic E-state index is -0.998. The van der Waals surface area contributed by atoms with Gasteiger partial charge in [0.15, 0.2) is 0 Å². The van der Waals surface area contributed by atoms with E-state index >= 15 is 0 Å². The molecule has 11 nitrogen and oxygen atoms in total. The van der Waals surface area contributed by atoms with E-state index in [1.807, 2.05) is 54.6 Å². The van der Waals surface area contributed by atoms with Crippen LogP contribution in [0.15, 0.2) is 72.8 Å². The monoisotopic (exact) mass is 772 g/mol. The van der Waals surface area contributed by atoms with Crippen LogP contribution in [0, 0.1) is 0 Å². The van der Waals surface area contributed by atoms with Crippen LogP contribution in [0.1, 0.15) is 96.7 Å². The largest absolute Gasteiger partial charge is 0.481 e. The summed E-state index contributed by atoms with van der Waals surface area (Å²) in [6, 6.07) is 22.5. The molecule has 2 aliphatic rings. The number of nitrogens with one attached hydrogen (secondary N) is 3. The third-order valence-electron chi connectivity index (χ3n) is 9.67. The highest BCUT2D eigenvalue weighted by Crippen LogP contribution is 2.39. The number of carbonyl (C=O) groups excluding carboxylic acids is 3. The molecule has 0 atom stereocenters. The zero-order valence-electron chi connectivity index (χ0n) is 29.9. The highest BCUT2D eigenvalue weighted by molar-refractivity contribution is 7.17. The molecule has 1 heterocycles. The third kappa shape index (κ3) is 11.0. The number of rotatable bonds is 17. The number of anilines is 2. The Morgan fingerprint density at radius 2 is 1.44 bits per heavy atom. The minimum absolute atomic E-state index is 0. The molecule has 0 saturated heterocycles. The fourth-order valence-electron chi connectivity index (χ4n) is 6.64. The molecule has 54 heavy (non-hydrogen) atoms. The summed E-state index contributed by atoms with van der Waals surface area (Å²) in [4.78, 5) is 64.8. The number of halogens is 1. The predicted octanol–water partition coefficient (Wildman–Crippen LogP) is 6.98. The van der Waals surface area contributed by atoms with Crippen molar-refractivity contribution in [3.63, 3.8) is 0 Å². The summed E-state index contributed by atoms with van der Waals surface area (Å²) in [5.74, 6) is -2.76. The van der Waals surface area contributed by atoms with Crippen molar-refractivity contribution in [3.05, 3.63) is 117 Å². The lowest BCUT2D eigenvalue weighted by Gasteiger charge is -2.22. The fraction of sp³-hybridized carbons (Fsp3) is 0.341.